The van der Waals surface area contributed by atoms with Gasteiger partial charge < -0.3 is 19.0 Å². The highest BCUT2D eigenvalue weighted by molar-refractivity contribution is 5.97. The van der Waals surface area contributed by atoms with Crippen molar-refractivity contribution in [3.63, 3.8) is 0 Å². The summed E-state index contributed by atoms with van der Waals surface area (Å²) in [5.74, 6) is -0.183. The van der Waals surface area contributed by atoms with Crippen LogP contribution in [0.3, 0.4) is 0 Å². The number of carbonyl (C=O) groups is 2. The predicted molar refractivity (Wildman–Crippen MR) is 73.0 cm³/mol. The Hall–Kier alpha value is -2.76. The number of ether oxygens (including phenoxy) is 2. The molecule has 2 aromatic rings. The first-order valence-electron chi connectivity index (χ1n) is 6.15. The Morgan fingerprint density at radius 3 is 2.57 bits per heavy atom. The number of carboxylic acid groups (broad SMARTS) is 1. The van der Waals surface area contributed by atoms with Crippen LogP contribution in [0.5, 0.6) is 11.5 Å². The van der Waals surface area contributed by atoms with Gasteiger partial charge in [0.05, 0.1) is 12.7 Å². The van der Waals surface area contributed by atoms with Gasteiger partial charge in [-0.1, -0.05) is 0 Å². The number of benzene rings is 1. The molecular formula is C15H14O6. The van der Waals surface area contributed by atoms with Crippen LogP contribution < -0.4 is 9.47 Å². The molecule has 0 radical (unpaired) electrons. The fourth-order valence-electron chi connectivity index (χ4n) is 1.76. The van der Waals surface area contributed by atoms with Gasteiger partial charge in [-0.15, -0.1) is 0 Å². The van der Waals surface area contributed by atoms with Gasteiger partial charge in [-0.25, -0.2) is 4.79 Å². The van der Waals surface area contributed by atoms with Crippen molar-refractivity contribution in [2.24, 2.45) is 0 Å². The van der Waals surface area contributed by atoms with Gasteiger partial charge >= 0.3 is 5.97 Å². The normalized spacial score (nSPS) is 10.2. The lowest BCUT2D eigenvalue weighted by Gasteiger charge is -2.10. The van der Waals surface area contributed by atoms with E-state index in [0.717, 1.165) is 0 Å². The molecule has 0 saturated carbocycles. The van der Waals surface area contributed by atoms with E-state index in [2.05, 4.69) is 0 Å². The quantitative estimate of drug-likeness (QED) is 0.823. The maximum absolute atomic E-state index is 11.5. The number of ketones is 1. The van der Waals surface area contributed by atoms with Gasteiger partial charge in [0.15, 0.2) is 5.78 Å². The van der Waals surface area contributed by atoms with E-state index in [1.807, 2.05) is 0 Å². The lowest BCUT2D eigenvalue weighted by Crippen LogP contribution is -2.02. The Morgan fingerprint density at radius 1 is 1.24 bits per heavy atom. The van der Waals surface area contributed by atoms with Crippen LogP contribution in [0.4, 0.5) is 0 Å². The molecule has 1 aromatic heterocycles. The standard InChI is InChI=1S/C15H14O6/c1-9(16)12-5-3-10(19-2)7-14(12)20-8-11-4-6-13(21-11)15(17)18/h3-7H,8H2,1-2H3,(H,17,18). The Labute approximate surface area is 120 Å². The van der Waals surface area contributed by atoms with Crippen molar-refractivity contribution in [2.45, 2.75) is 13.5 Å². The van der Waals surface area contributed by atoms with Crippen LogP contribution in [0.2, 0.25) is 0 Å². The van der Waals surface area contributed by atoms with Crippen LogP contribution in [-0.2, 0) is 6.61 Å². The second-order valence-corrected chi connectivity index (χ2v) is 4.28. The van der Waals surface area contributed by atoms with Crippen molar-refractivity contribution in [1.82, 2.24) is 0 Å². The minimum atomic E-state index is -1.15. The molecule has 1 heterocycles. The maximum atomic E-state index is 11.5. The van der Waals surface area contributed by atoms with Crippen molar-refractivity contribution in [1.29, 1.82) is 0 Å². The summed E-state index contributed by atoms with van der Waals surface area (Å²) in [5, 5.41) is 8.77. The third kappa shape index (κ3) is 3.42. The molecule has 1 N–H and O–H groups in total. The van der Waals surface area contributed by atoms with E-state index in [1.54, 1.807) is 18.2 Å². The van der Waals surface area contributed by atoms with Gasteiger partial charge in [0, 0.05) is 6.07 Å². The number of hydrogen-bond acceptors (Lipinski definition) is 5. The van der Waals surface area contributed by atoms with E-state index in [9.17, 15) is 9.59 Å². The van der Waals surface area contributed by atoms with Gasteiger partial charge in [-0.3, -0.25) is 4.79 Å². The van der Waals surface area contributed by atoms with Crippen molar-refractivity contribution < 1.29 is 28.6 Å². The number of methoxy groups -OCH3 is 1. The average molecular weight is 290 g/mol. The van der Waals surface area contributed by atoms with Crippen molar-refractivity contribution in [3.05, 3.63) is 47.4 Å². The van der Waals surface area contributed by atoms with Crippen molar-refractivity contribution >= 4 is 11.8 Å². The molecule has 1 aromatic carbocycles. The molecule has 0 unspecified atom stereocenters. The number of aromatic carboxylic acids is 1. The highest BCUT2D eigenvalue weighted by atomic mass is 16.5. The van der Waals surface area contributed by atoms with Crippen LogP contribution in [0.15, 0.2) is 34.7 Å². The average Bonchev–Trinajstić information content (AvgIpc) is 2.93. The van der Waals surface area contributed by atoms with Gasteiger partial charge in [0.2, 0.25) is 5.76 Å². The molecule has 0 fully saturated rings. The fraction of sp³-hybridized carbons (Fsp3) is 0.200. The molecule has 0 amide bonds. The Balaban J connectivity index is 2.17. The summed E-state index contributed by atoms with van der Waals surface area (Å²) in [6.07, 6.45) is 0. The molecule has 0 spiro atoms. The van der Waals surface area contributed by atoms with Gasteiger partial charge in [0.25, 0.3) is 0 Å². The Kier molecular flexibility index (Phi) is 4.27. The van der Waals surface area contributed by atoms with Gasteiger partial charge in [-0.05, 0) is 31.2 Å². The van der Waals surface area contributed by atoms with Crippen LogP contribution in [0, 0.1) is 0 Å². The number of hydrogen-bond donors (Lipinski definition) is 1. The molecule has 6 nitrogen and oxygen atoms in total. The minimum absolute atomic E-state index is 0.0146. The SMILES string of the molecule is COc1ccc(C(C)=O)c(OCc2ccc(C(=O)O)o2)c1. The third-order valence-electron chi connectivity index (χ3n) is 2.81. The molecule has 21 heavy (non-hydrogen) atoms. The molecule has 2 rings (SSSR count). The van der Waals surface area contributed by atoms with E-state index in [0.29, 0.717) is 22.8 Å². The first kappa shape index (κ1) is 14.6. The van der Waals surface area contributed by atoms with Crippen LogP contribution in [0.1, 0.15) is 33.6 Å². The summed E-state index contributed by atoms with van der Waals surface area (Å²) < 4.78 is 15.7. The van der Waals surface area contributed by atoms with Crippen LogP contribution in [-0.4, -0.2) is 24.0 Å². The molecule has 0 aliphatic heterocycles. The zero-order valence-corrected chi connectivity index (χ0v) is 11.6. The second-order valence-electron chi connectivity index (χ2n) is 4.28. The summed E-state index contributed by atoms with van der Waals surface area (Å²) in [6, 6.07) is 7.73. The van der Waals surface area contributed by atoms with Crippen molar-refractivity contribution in [2.75, 3.05) is 7.11 Å². The zero-order chi connectivity index (χ0) is 15.4. The summed E-state index contributed by atoms with van der Waals surface area (Å²) in [7, 11) is 1.51. The van der Waals surface area contributed by atoms with Crippen molar-refractivity contribution in [3.8, 4) is 11.5 Å². The van der Waals surface area contributed by atoms with E-state index in [1.165, 1.54) is 26.2 Å². The molecule has 0 aliphatic rings. The summed E-state index contributed by atoms with van der Waals surface area (Å²) >= 11 is 0. The minimum Gasteiger partial charge on any atom is -0.497 e. The maximum Gasteiger partial charge on any atom is 0.371 e. The van der Waals surface area contributed by atoms with E-state index < -0.39 is 5.97 Å². The largest absolute Gasteiger partial charge is 0.497 e. The molecule has 0 saturated heterocycles. The number of Topliss-reactive ketones (excluding diaryl/α,β-unsaturated/α-hetero) is 1. The lowest BCUT2D eigenvalue weighted by molar-refractivity contribution is 0.0658. The monoisotopic (exact) mass is 290 g/mol. The summed E-state index contributed by atoms with van der Waals surface area (Å²) in [6.45, 7) is 1.45. The van der Waals surface area contributed by atoms with Crippen LogP contribution in [0.25, 0.3) is 0 Å². The van der Waals surface area contributed by atoms with E-state index in [-0.39, 0.29) is 18.2 Å². The van der Waals surface area contributed by atoms with Gasteiger partial charge in [-0.2, -0.15) is 0 Å². The highest BCUT2D eigenvalue weighted by Gasteiger charge is 2.13. The third-order valence-corrected chi connectivity index (χ3v) is 2.81. The topological polar surface area (TPSA) is 86.0 Å². The Morgan fingerprint density at radius 2 is 2.00 bits per heavy atom. The second kappa shape index (κ2) is 6.13. The lowest BCUT2D eigenvalue weighted by atomic mass is 10.1. The Bertz CT molecular complexity index is 671. The number of rotatable bonds is 6. The molecule has 0 aliphatic carbocycles. The molecule has 0 bridgehead atoms. The molecule has 6 heteroatoms. The first-order chi connectivity index (χ1) is 10.0. The molecular weight excluding hydrogens is 276 g/mol. The number of furan rings is 1. The number of carbonyl (C=O) groups excluding carboxylic acids is 1. The van der Waals surface area contributed by atoms with Crippen LogP contribution >= 0.6 is 0 Å². The summed E-state index contributed by atoms with van der Waals surface area (Å²) in [5.41, 5.74) is 0.417. The highest BCUT2D eigenvalue weighted by Crippen LogP contribution is 2.26. The van der Waals surface area contributed by atoms with Gasteiger partial charge in [0.1, 0.15) is 23.9 Å². The predicted octanol–water partition coefficient (Wildman–Crippen LogP) is 2.77. The smallest absolute Gasteiger partial charge is 0.371 e. The van der Waals surface area contributed by atoms with E-state index >= 15 is 0 Å². The van der Waals surface area contributed by atoms with E-state index in [4.69, 9.17) is 19.0 Å². The first-order valence-corrected chi connectivity index (χ1v) is 6.15. The number of carboxylic acids is 1. The fourth-order valence-corrected chi connectivity index (χ4v) is 1.76. The summed E-state index contributed by atoms with van der Waals surface area (Å²) in [4.78, 5) is 22.3. The molecule has 0 atom stereocenters. The zero-order valence-electron chi connectivity index (χ0n) is 11.6. The molecule has 110 valence electrons.